The predicted octanol–water partition coefficient (Wildman–Crippen LogP) is 4.85. The first kappa shape index (κ1) is 16.9. The van der Waals surface area contributed by atoms with E-state index in [1.807, 2.05) is 31.2 Å². The highest BCUT2D eigenvalue weighted by atomic mass is 35.5. The molecule has 1 heterocycles. The van der Waals surface area contributed by atoms with E-state index in [0.29, 0.717) is 0 Å². The SMILES string of the molecule is C[C@H](c1nc2ccccc2s1)N(C)C(=O)Cc1c(F)cccc1Cl. The van der Waals surface area contributed by atoms with Crippen LogP contribution in [0.3, 0.4) is 0 Å². The first-order valence-electron chi connectivity index (χ1n) is 7.51. The first-order chi connectivity index (χ1) is 11.5. The summed E-state index contributed by atoms with van der Waals surface area (Å²) in [6, 6.07) is 12.1. The first-order valence-corrected chi connectivity index (χ1v) is 8.71. The van der Waals surface area contributed by atoms with Crippen LogP contribution in [0.25, 0.3) is 10.2 Å². The number of carbonyl (C=O) groups excluding carboxylic acids is 1. The van der Waals surface area contributed by atoms with Gasteiger partial charge < -0.3 is 4.90 Å². The number of nitrogens with zero attached hydrogens (tertiary/aromatic N) is 2. The van der Waals surface area contributed by atoms with Gasteiger partial charge in [-0.1, -0.05) is 29.8 Å². The number of thiazole rings is 1. The second-order valence-electron chi connectivity index (χ2n) is 5.58. The Morgan fingerprint density at radius 3 is 2.75 bits per heavy atom. The quantitative estimate of drug-likeness (QED) is 0.664. The summed E-state index contributed by atoms with van der Waals surface area (Å²) >= 11 is 7.57. The molecular formula is C18H16ClFN2OS. The van der Waals surface area contributed by atoms with Crippen molar-refractivity contribution in [3.63, 3.8) is 0 Å². The van der Waals surface area contributed by atoms with Gasteiger partial charge in [-0.3, -0.25) is 4.79 Å². The summed E-state index contributed by atoms with van der Waals surface area (Å²) in [5, 5.41) is 1.12. The molecule has 0 radical (unpaired) electrons. The zero-order valence-electron chi connectivity index (χ0n) is 13.3. The molecule has 0 N–H and O–H groups in total. The number of hydrogen-bond donors (Lipinski definition) is 0. The minimum atomic E-state index is -0.461. The van der Waals surface area contributed by atoms with Crippen molar-refractivity contribution in [1.82, 2.24) is 9.88 Å². The van der Waals surface area contributed by atoms with Crippen LogP contribution in [0.2, 0.25) is 5.02 Å². The molecule has 0 bridgehead atoms. The van der Waals surface area contributed by atoms with E-state index in [9.17, 15) is 9.18 Å². The number of halogens is 2. The van der Waals surface area contributed by atoms with E-state index < -0.39 is 5.82 Å². The fourth-order valence-corrected chi connectivity index (χ4v) is 3.72. The van der Waals surface area contributed by atoms with Gasteiger partial charge in [0.2, 0.25) is 5.91 Å². The number of fused-ring (bicyclic) bond motifs is 1. The maximum Gasteiger partial charge on any atom is 0.227 e. The van der Waals surface area contributed by atoms with Crippen molar-refractivity contribution >= 4 is 39.1 Å². The predicted molar refractivity (Wildman–Crippen MR) is 95.9 cm³/mol. The summed E-state index contributed by atoms with van der Waals surface area (Å²) in [5.74, 6) is -0.661. The molecule has 2 aromatic carbocycles. The molecule has 24 heavy (non-hydrogen) atoms. The van der Waals surface area contributed by atoms with Crippen molar-refractivity contribution in [2.45, 2.75) is 19.4 Å². The molecule has 1 aromatic heterocycles. The molecule has 3 nitrogen and oxygen atoms in total. The number of para-hydroxylation sites is 1. The van der Waals surface area contributed by atoms with Gasteiger partial charge in [0.15, 0.2) is 0 Å². The molecule has 1 amide bonds. The molecule has 0 unspecified atom stereocenters. The summed E-state index contributed by atoms with van der Waals surface area (Å²) < 4.78 is 15.0. The van der Waals surface area contributed by atoms with Crippen molar-refractivity contribution in [2.75, 3.05) is 7.05 Å². The van der Waals surface area contributed by atoms with Gasteiger partial charge in [0.05, 0.1) is 22.7 Å². The number of amides is 1. The van der Waals surface area contributed by atoms with Gasteiger partial charge in [-0.05, 0) is 31.2 Å². The van der Waals surface area contributed by atoms with Crippen molar-refractivity contribution in [3.8, 4) is 0 Å². The number of aromatic nitrogens is 1. The molecular weight excluding hydrogens is 347 g/mol. The number of likely N-dealkylation sites (N-methyl/N-ethyl adjacent to an activating group) is 1. The average molecular weight is 363 g/mol. The van der Waals surface area contributed by atoms with Crippen LogP contribution in [0.5, 0.6) is 0 Å². The van der Waals surface area contributed by atoms with Crippen LogP contribution in [-0.4, -0.2) is 22.8 Å². The van der Waals surface area contributed by atoms with Gasteiger partial charge in [-0.15, -0.1) is 11.3 Å². The fraction of sp³-hybridized carbons (Fsp3) is 0.222. The lowest BCUT2D eigenvalue weighted by molar-refractivity contribution is -0.131. The Kier molecular flexibility index (Phi) is 4.83. The number of hydrogen-bond acceptors (Lipinski definition) is 3. The number of rotatable bonds is 4. The van der Waals surface area contributed by atoms with Crippen LogP contribution >= 0.6 is 22.9 Å². The lowest BCUT2D eigenvalue weighted by Crippen LogP contribution is -2.31. The van der Waals surface area contributed by atoms with E-state index in [-0.39, 0.29) is 29.0 Å². The third-order valence-electron chi connectivity index (χ3n) is 4.03. The Bertz CT molecular complexity index is 842. The van der Waals surface area contributed by atoms with Crippen molar-refractivity contribution < 1.29 is 9.18 Å². The average Bonchev–Trinajstić information content (AvgIpc) is 3.00. The molecule has 0 aliphatic carbocycles. The minimum absolute atomic E-state index is 0.0722. The summed E-state index contributed by atoms with van der Waals surface area (Å²) in [6.07, 6.45) is -0.0722. The monoisotopic (exact) mass is 362 g/mol. The molecule has 0 aliphatic heterocycles. The highest BCUT2D eigenvalue weighted by molar-refractivity contribution is 7.18. The lowest BCUT2D eigenvalue weighted by Gasteiger charge is -2.23. The van der Waals surface area contributed by atoms with Gasteiger partial charge in [-0.2, -0.15) is 0 Å². The lowest BCUT2D eigenvalue weighted by atomic mass is 10.1. The molecule has 6 heteroatoms. The molecule has 0 spiro atoms. The second-order valence-corrected chi connectivity index (χ2v) is 7.05. The molecule has 1 atom stereocenters. The Hall–Kier alpha value is -1.98. The van der Waals surface area contributed by atoms with Crippen LogP contribution in [0.1, 0.15) is 23.5 Å². The van der Waals surface area contributed by atoms with Crippen LogP contribution in [0.15, 0.2) is 42.5 Å². The van der Waals surface area contributed by atoms with E-state index in [1.165, 1.54) is 12.1 Å². The zero-order chi connectivity index (χ0) is 17.3. The fourth-order valence-electron chi connectivity index (χ4n) is 2.43. The molecule has 0 saturated heterocycles. The molecule has 0 aliphatic rings. The summed E-state index contributed by atoms with van der Waals surface area (Å²) in [7, 11) is 1.70. The van der Waals surface area contributed by atoms with E-state index in [2.05, 4.69) is 4.98 Å². The number of benzene rings is 2. The zero-order valence-corrected chi connectivity index (χ0v) is 14.9. The minimum Gasteiger partial charge on any atom is -0.336 e. The van der Waals surface area contributed by atoms with Gasteiger partial charge in [0.1, 0.15) is 10.8 Å². The highest BCUT2D eigenvalue weighted by Gasteiger charge is 2.22. The van der Waals surface area contributed by atoms with Crippen molar-refractivity contribution in [3.05, 3.63) is 63.9 Å². The van der Waals surface area contributed by atoms with Crippen LogP contribution in [0, 0.1) is 5.82 Å². The topological polar surface area (TPSA) is 33.2 Å². The summed E-state index contributed by atoms with van der Waals surface area (Å²) in [4.78, 5) is 18.7. The second kappa shape index (κ2) is 6.87. The van der Waals surface area contributed by atoms with Crippen molar-refractivity contribution in [1.29, 1.82) is 0 Å². The summed E-state index contributed by atoms with van der Waals surface area (Å²) in [6.45, 7) is 1.92. The Labute approximate surface area is 148 Å². The standard InChI is InChI=1S/C18H16ClFN2OS/c1-11(18-21-15-8-3-4-9-16(15)24-18)22(2)17(23)10-12-13(19)6-5-7-14(12)20/h3-9,11H,10H2,1-2H3/t11-/m1/s1. The summed E-state index contributed by atoms with van der Waals surface area (Å²) in [5.41, 5.74) is 1.15. The van der Waals surface area contributed by atoms with E-state index in [0.717, 1.165) is 15.2 Å². The smallest absolute Gasteiger partial charge is 0.227 e. The molecule has 0 fully saturated rings. The maximum atomic E-state index is 13.9. The van der Waals surface area contributed by atoms with Gasteiger partial charge in [-0.25, -0.2) is 9.37 Å². The third-order valence-corrected chi connectivity index (χ3v) is 5.59. The van der Waals surface area contributed by atoms with Crippen LogP contribution in [0.4, 0.5) is 4.39 Å². The van der Waals surface area contributed by atoms with Crippen LogP contribution in [-0.2, 0) is 11.2 Å². The van der Waals surface area contributed by atoms with Gasteiger partial charge >= 0.3 is 0 Å². The Morgan fingerprint density at radius 2 is 2.04 bits per heavy atom. The Morgan fingerprint density at radius 1 is 1.29 bits per heavy atom. The molecule has 3 rings (SSSR count). The number of carbonyl (C=O) groups is 1. The Balaban J connectivity index is 1.79. The molecule has 124 valence electrons. The van der Waals surface area contributed by atoms with Gasteiger partial charge in [0.25, 0.3) is 0 Å². The van der Waals surface area contributed by atoms with Gasteiger partial charge in [0, 0.05) is 17.6 Å². The third kappa shape index (κ3) is 3.28. The maximum absolute atomic E-state index is 13.9. The normalized spacial score (nSPS) is 12.3. The molecule has 0 saturated carbocycles. The highest BCUT2D eigenvalue weighted by Crippen LogP contribution is 2.29. The van der Waals surface area contributed by atoms with E-state index in [4.69, 9.17) is 11.6 Å². The van der Waals surface area contributed by atoms with Crippen LogP contribution < -0.4 is 0 Å². The molecule has 3 aromatic rings. The largest absolute Gasteiger partial charge is 0.336 e. The van der Waals surface area contributed by atoms with Crippen molar-refractivity contribution in [2.24, 2.45) is 0 Å². The van der Waals surface area contributed by atoms with E-state index in [1.54, 1.807) is 29.4 Å². The van der Waals surface area contributed by atoms with E-state index >= 15 is 0 Å².